The third kappa shape index (κ3) is 5.27. The Morgan fingerprint density at radius 3 is 2.88 bits per heavy atom. The van der Waals surface area contributed by atoms with Gasteiger partial charge >= 0.3 is 11.8 Å². The number of amides is 3. The summed E-state index contributed by atoms with van der Waals surface area (Å²) in [4.78, 5) is 35.9. The topological polar surface area (TPSA) is 126 Å². The molecule has 1 aliphatic rings. The molecule has 1 fully saturated rings. The van der Waals surface area contributed by atoms with E-state index in [-0.39, 0.29) is 18.5 Å². The van der Waals surface area contributed by atoms with Crippen molar-refractivity contribution in [2.45, 2.75) is 45.4 Å². The number of aryl methyl sites for hydroxylation is 1. The first-order chi connectivity index (χ1) is 12.4. The highest BCUT2D eigenvalue weighted by atomic mass is 16.5. The van der Waals surface area contributed by atoms with E-state index < -0.39 is 18.1 Å². The van der Waals surface area contributed by atoms with Crippen LogP contribution in [0, 0.1) is 6.92 Å². The maximum atomic E-state index is 12.1. The maximum absolute atomic E-state index is 12.1. The fourth-order valence-electron chi connectivity index (χ4n) is 2.75. The SMILES string of the molecule is CCCC1CC(=O)NC(n2nc(C)cc2NC(=O)C(=O)NCCOC)N1. The lowest BCUT2D eigenvalue weighted by Crippen LogP contribution is -2.53. The quantitative estimate of drug-likeness (QED) is 0.385. The van der Waals surface area contributed by atoms with Crippen LogP contribution in [0.1, 0.15) is 38.2 Å². The molecule has 0 spiro atoms. The van der Waals surface area contributed by atoms with Crippen LogP contribution < -0.4 is 21.3 Å². The van der Waals surface area contributed by atoms with E-state index in [1.165, 1.54) is 11.8 Å². The Morgan fingerprint density at radius 1 is 1.42 bits per heavy atom. The average Bonchev–Trinajstić information content (AvgIpc) is 2.95. The molecule has 0 radical (unpaired) electrons. The molecule has 26 heavy (non-hydrogen) atoms. The summed E-state index contributed by atoms with van der Waals surface area (Å²) in [6.07, 6.45) is 1.61. The van der Waals surface area contributed by atoms with Crippen LogP contribution in [-0.4, -0.2) is 53.8 Å². The molecule has 144 valence electrons. The second-order valence-corrected chi connectivity index (χ2v) is 6.14. The van der Waals surface area contributed by atoms with Crippen molar-refractivity contribution in [3.05, 3.63) is 11.8 Å². The summed E-state index contributed by atoms with van der Waals surface area (Å²) in [7, 11) is 1.50. The molecule has 4 N–H and O–H groups in total. The number of hydrogen-bond donors (Lipinski definition) is 4. The van der Waals surface area contributed by atoms with Gasteiger partial charge in [0.1, 0.15) is 5.82 Å². The van der Waals surface area contributed by atoms with Gasteiger partial charge in [0.25, 0.3) is 0 Å². The van der Waals surface area contributed by atoms with Gasteiger partial charge < -0.3 is 20.7 Å². The van der Waals surface area contributed by atoms with E-state index in [1.807, 2.05) is 0 Å². The van der Waals surface area contributed by atoms with E-state index >= 15 is 0 Å². The molecule has 0 aromatic carbocycles. The molecular formula is C16H26N6O4. The standard InChI is InChI=1S/C16H26N6O4/c1-4-5-11-9-13(23)20-16(18-11)22-12(8-10(2)21-22)19-15(25)14(24)17-6-7-26-3/h8,11,16,18H,4-7,9H2,1-3H3,(H,17,24)(H,19,25)(H,20,23). The number of aromatic nitrogens is 2. The number of hydrogen-bond acceptors (Lipinski definition) is 6. The van der Waals surface area contributed by atoms with Crippen LogP contribution >= 0.6 is 0 Å². The maximum Gasteiger partial charge on any atom is 0.314 e. The minimum atomic E-state index is -0.811. The van der Waals surface area contributed by atoms with Gasteiger partial charge in [-0.05, 0) is 13.3 Å². The lowest BCUT2D eigenvalue weighted by molar-refractivity contribution is -0.136. The van der Waals surface area contributed by atoms with E-state index in [0.717, 1.165) is 12.8 Å². The van der Waals surface area contributed by atoms with Crippen molar-refractivity contribution in [1.82, 2.24) is 25.7 Å². The fraction of sp³-hybridized carbons (Fsp3) is 0.625. The number of ether oxygens (including phenoxy) is 1. The number of nitrogens with zero attached hydrogens (tertiary/aromatic N) is 2. The van der Waals surface area contributed by atoms with Crippen LogP contribution in [0.3, 0.4) is 0 Å². The molecule has 2 unspecified atom stereocenters. The van der Waals surface area contributed by atoms with Crippen LogP contribution in [0.25, 0.3) is 0 Å². The smallest absolute Gasteiger partial charge is 0.314 e. The molecule has 2 atom stereocenters. The Kier molecular flexibility index (Phi) is 7.10. The van der Waals surface area contributed by atoms with Gasteiger partial charge in [-0.2, -0.15) is 5.10 Å². The number of carbonyl (C=O) groups excluding carboxylic acids is 3. The lowest BCUT2D eigenvalue weighted by Gasteiger charge is -2.32. The van der Waals surface area contributed by atoms with Gasteiger partial charge in [0.15, 0.2) is 6.29 Å². The van der Waals surface area contributed by atoms with Crippen molar-refractivity contribution in [2.24, 2.45) is 0 Å². The van der Waals surface area contributed by atoms with Gasteiger partial charge in [0, 0.05) is 32.2 Å². The molecule has 2 rings (SSSR count). The van der Waals surface area contributed by atoms with E-state index in [2.05, 4.69) is 33.3 Å². The second-order valence-electron chi connectivity index (χ2n) is 6.14. The second kappa shape index (κ2) is 9.30. The van der Waals surface area contributed by atoms with Crippen molar-refractivity contribution < 1.29 is 19.1 Å². The predicted octanol–water partition coefficient (Wildman–Crippen LogP) is -0.373. The number of carbonyl (C=O) groups is 3. The lowest BCUT2D eigenvalue weighted by atomic mass is 10.1. The number of methoxy groups -OCH3 is 1. The van der Waals surface area contributed by atoms with Crippen LogP contribution in [0.15, 0.2) is 6.07 Å². The van der Waals surface area contributed by atoms with Gasteiger partial charge in [0.05, 0.1) is 12.3 Å². The van der Waals surface area contributed by atoms with Crippen molar-refractivity contribution in [3.63, 3.8) is 0 Å². The first kappa shape index (κ1) is 19.9. The zero-order valence-electron chi connectivity index (χ0n) is 15.3. The average molecular weight is 366 g/mol. The Labute approximate surface area is 152 Å². The largest absolute Gasteiger partial charge is 0.383 e. The van der Waals surface area contributed by atoms with E-state index in [4.69, 9.17) is 4.74 Å². The molecule has 1 saturated heterocycles. The Bertz CT molecular complexity index is 659. The summed E-state index contributed by atoms with van der Waals surface area (Å²) in [6.45, 7) is 4.36. The third-order valence-electron chi connectivity index (χ3n) is 3.90. The molecule has 0 saturated carbocycles. The van der Waals surface area contributed by atoms with E-state index in [0.29, 0.717) is 24.5 Å². The minimum absolute atomic E-state index is 0.0316. The van der Waals surface area contributed by atoms with E-state index in [1.54, 1.807) is 13.0 Å². The zero-order valence-corrected chi connectivity index (χ0v) is 15.3. The first-order valence-corrected chi connectivity index (χ1v) is 8.64. The van der Waals surface area contributed by atoms with Gasteiger partial charge in [-0.1, -0.05) is 13.3 Å². The monoisotopic (exact) mass is 366 g/mol. The minimum Gasteiger partial charge on any atom is -0.383 e. The third-order valence-corrected chi connectivity index (χ3v) is 3.90. The fourth-order valence-corrected chi connectivity index (χ4v) is 2.75. The van der Waals surface area contributed by atoms with Gasteiger partial charge in [-0.15, -0.1) is 0 Å². The molecule has 10 heteroatoms. The summed E-state index contributed by atoms with van der Waals surface area (Å²) in [5.41, 5.74) is 0.647. The highest BCUT2D eigenvalue weighted by molar-refractivity contribution is 6.39. The van der Waals surface area contributed by atoms with E-state index in [9.17, 15) is 14.4 Å². The van der Waals surface area contributed by atoms with Crippen LogP contribution in [0.2, 0.25) is 0 Å². The molecular weight excluding hydrogens is 340 g/mol. The van der Waals surface area contributed by atoms with Crippen LogP contribution in [0.5, 0.6) is 0 Å². The van der Waals surface area contributed by atoms with Crippen LogP contribution in [-0.2, 0) is 19.1 Å². The Balaban J connectivity index is 2.08. The van der Waals surface area contributed by atoms with Crippen LogP contribution in [0.4, 0.5) is 5.82 Å². The molecule has 0 aliphatic carbocycles. The van der Waals surface area contributed by atoms with Gasteiger partial charge in [-0.25, -0.2) is 4.68 Å². The first-order valence-electron chi connectivity index (χ1n) is 8.64. The molecule has 2 heterocycles. The zero-order chi connectivity index (χ0) is 19.1. The van der Waals surface area contributed by atoms with Crippen molar-refractivity contribution >= 4 is 23.5 Å². The van der Waals surface area contributed by atoms with Crippen molar-refractivity contribution in [2.75, 3.05) is 25.6 Å². The van der Waals surface area contributed by atoms with Gasteiger partial charge in [-0.3, -0.25) is 19.7 Å². The Hall–Kier alpha value is -2.46. The molecule has 3 amide bonds. The molecule has 1 aromatic heterocycles. The van der Waals surface area contributed by atoms with Crippen molar-refractivity contribution in [3.8, 4) is 0 Å². The number of nitrogens with one attached hydrogen (secondary N) is 4. The molecule has 1 aliphatic heterocycles. The summed E-state index contributed by atoms with van der Waals surface area (Å²) < 4.78 is 6.29. The molecule has 10 nitrogen and oxygen atoms in total. The number of anilines is 1. The highest BCUT2D eigenvalue weighted by Crippen LogP contribution is 2.18. The summed E-state index contributed by atoms with van der Waals surface area (Å²) in [6, 6.07) is 1.67. The van der Waals surface area contributed by atoms with Gasteiger partial charge in [0.2, 0.25) is 5.91 Å². The summed E-state index contributed by atoms with van der Waals surface area (Å²) in [5.74, 6) is -1.34. The predicted molar refractivity (Wildman–Crippen MR) is 94.1 cm³/mol. The molecule has 1 aromatic rings. The molecule has 0 bridgehead atoms. The summed E-state index contributed by atoms with van der Waals surface area (Å²) in [5, 5.41) is 15.4. The summed E-state index contributed by atoms with van der Waals surface area (Å²) >= 11 is 0. The number of rotatable bonds is 7. The highest BCUT2D eigenvalue weighted by Gasteiger charge is 2.29. The normalized spacial score (nSPS) is 19.7. The Morgan fingerprint density at radius 2 is 2.19 bits per heavy atom. The van der Waals surface area contributed by atoms with Crippen molar-refractivity contribution in [1.29, 1.82) is 0 Å².